The van der Waals surface area contributed by atoms with E-state index in [0.717, 1.165) is 23.6 Å². The molecule has 0 unspecified atom stereocenters. The fraction of sp³-hybridized carbons (Fsp3) is 0.154. The molecule has 0 atom stereocenters. The number of carbonyl (C=O) groups is 1. The van der Waals surface area contributed by atoms with Crippen LogP contribution in [0.15, 0.2) is 123 Å². The number of thioether (sulfide) groups is 4. The molecule has 0 aliphatic carbocycles. The molecule has 230 valence electrons. The minimum Gasteiger partial charge on any atom is -0.457 e. The van der Waals surface area contributed by atoms with E-state index >= 15 is 0 Å². The van der Waals surface area contributed by atoms with Crippen molar-refractivity contribution in [2.45, 2.75) is 33.9 Å². The fourth-order valence-corrected chi connectivity index (χ4v) is 11.0. The minimum absolute atomic E-state index is 0.260. The van der Waals surface area contributed by atoms with Crippen LogP contribution in [0.3, 0.4) is 0 Å². The molecule has 7 heteroatoms. The first-order valence-electron chi connectivity index (χ1n) is 15.2. The molecule has 0 fully saturated rings. The zero-order valence-corrected chi connectivity index (χ0v) is 29.2. The van der Waals surface area contributed by atoms with Crippen LogP contribution in [-0.4, -0.2) is 12.6 Å². The van der Waals surface area contributed by atoms with Crippen molar-refractivity contribution in [1.29, 1.82) is 0 Å². The van der Waals surface area contributed by atoms with Gasteiger partial charge in [0, 0.05) is 33.3 Å². The number of carbonyl (C=O) groups excluding carboxylic acids is 1. The van der Waals surface area contributed by atoms with Crippen molar-refractivity contribution in [2.24, 2.45) is 0 Å². The Morgan fingerprint density at radius 3 is 1.57 bits per heavy atom. The van der Waals surface area contributed by atoms with Gasteiger partial charge in [0.25, 0.3) is 0 Å². The second-order valence-electron chi connectivity index (χ2n) is 11.3. The van der Waals surface area contributed by atoms with Gasteiger partial charge < -0.3 is 10.1 Å². The highest BCUT2D eigenvalue weighted by Crippen LogP contribution is 2.51. The summed E-state index contributed by atoms with van der Waals surface area (Å²) >= 11 is 7.30. The Morgan fingerprint density at radius 2 is 1.02 bits per heavy atom. The van der Waals surface area contributed by atoms with Gasteiger partial charge in [-0.3, -0.25) is 0 Å². The number of hydrogen-bond donors (Lipinski definition) is 1. The minimum atomic E-state index is -0.300. The van der Waals surface area contributed by atoms with Gasteiger partial charge >= 0.3 is 5.97 Å². The van der Waals surface area contributed by atoms with Crippen LogP contribution in [-0.2, 0) is 17.8 Å². The van der Waals surface area contributed by atoms with Gasteiger partial charge in [0.05, 0.1) is 14.0 Å². The first kappa shape index (κ1) is 31.3. The lowest BCUT2D eigenvalue weighted by molar-refractivity contribution is 0.0546. The summed E-state index contributed by atoms with van der Waals surface area (Å²) < 4.78 is 8.44. The molecule has 0 spiro atoms. The molecule has 3 nitrogen and oxygen atoms in total. The lowest BCUT2D eigenvalue weighted by Crippen LogP contribution is -2.16. The maximum atomic E-state index is 13.0. The van der Waals surface area contributed by atoms with Crippen LogP contribution in [0.25, 0.3) is 30.0 Å². The summed E-state index contributed by atoms with van der Waals surface area (Å²) in [5.41, 5.74) is 2.94. The first-order valence-corrected chi connectivity index (χ1v) is 18.5. The number of rotatable bonds is 7. The van der Waals surface area contributed by atoms with E-state index in [9.17, 15) is 4.79 Å². The Balaban J connectivity index is 1.11. The van der Waals surface area contributed by atoms with Gasteiger partial charge in [-0.2, -0.15) is 0 Å². The Labute approximate surface area is 286 Å². The number of allylic oxidation sites excluding steroid dienone is 3. The molecule has 5 aromatic carbocycles. The lowest BCUT2D eigenvalue weighted by atomic mass is 9.99. The summed E-state index contributed by atoms with van der Waals surface area (Å²) in [6.45, 7) is 8.35. The molecule has 0 radical (unpaired) electrons. The number of fused-ring (bicyclic) bond motifs is 2. The molecule has 0 amide bonds. The van der Waals surface area contributed by atoms with Crippen molar-refractivity contribution in [3.05, 3.63) is 150 Å². The molecule has 2 heterocycles. The van der Waals surface area contributed by atoms with Crippen LogP contribution in [0.5, 0.6) is 0 Å². The molecule has 0 bridgehead atoms. The summed E-state index contributed by atoms with van der Waals surface area (Å²) in [6.07, 6.45) is 0. The lowest BCUT2D eigenvalue weighted by Gasteiger charge is -2.11. The second kappa shape index (κ2) is 13.8. The predicted molar refractivity (Wildman–Crippen MR) is 203 cm³/mol. The maximum Gasteiger partial charge on any atom is 0.338 e. The van der Waals surface area contributed by atoms with Gasteiger partial charge in [-0.25, -0.2) is 4.79 Å². The third-order valence-corrected chi connectivity index (χ3v) is 13.5. The third kappa shape index (κ3) is 6.44. The van der Waals surface area contributed by atoms with Crippen molar-refractivity contribution in [1.82, 2.24) is 5.32 Å². The first-order chi connectivity index (χ1) is 22.5. The average molecular weight is 676 g/mol. The SMILES string of the molecule is CC1=C(C)SC(=c2c3ccccc3c(=C3SC(C)=C(COC(=O)c4ccc(CNCc5ccccc5)cc4)S3)c3ccccc23)S1. The van der Waals surface area contributed by atoms with Gasteiger partial charge in [-0.05, 0) is 75.4 Å². The number of benzene rings is 5. The standard InChI is InChI=1S/C39H33NO2S4/c1-24-25(2)44-38(43-24)35-30-13-7-9-15-32(30)36(33-16-10-8-14-31(33)35)39-45-26(3)34(46-39)23-42-37(41)29-19-17-28(18-20-29)22-40-21-27-11-5-4-6-12-27/h4-20,40H,21-23H2,1-3H3. The molecule has 5 aromatic rings. The van der Waals surface area contributed by atoms with E-state index in [0.29, 0.717) is 5.56 Å². The van der Waals surface area contributed by atoms with Crippen LogP contribution >= 0.6 is 47.0 Å². The Morgan fingerprint density at radius 1 is 0.565 bits per heavy atom. The number of hydrogen-bond acceptors (Lipinski definition) is 7. The van der Waals surface area contributed by atoms with Crippen LogP contribution in [0.4, 0.5) is 0 Å². The number of nitrogens with one attached hydrogen (secondary N) is 1. The summed E-state index contributed by atoms with van der Waals surface area (Å²) in [5.74, 6) is -0.300. The Bertz CT molecular complexity index is 2090. The van der Waals surface area contributed by atoms with Gasteiger partial charge in [0.15, 0.2) is 0 Å². The van der Waals surface area contributed by atoms with E-state index in [2.05, 4.69) is 86.8 Å². The molecule has 46 heavy (non-hydrogen) atoms. The highest BCUT2D eigenvalue weighted by Gasteiger charge is 2.23. The molecular formula is C39H33NO2S4. The van der Waals surface area contributed by atoms with E-state index < -0.39 is 0 Å². The van der Waals surface area contributed by atoms with Gasteiger partial charge in [0.1, 0.15) is 6.61 Å². The summed E-state index contributed by atoms with van der Waals surface area (Å²) in [6, 6.07) is 35.6. The molecule has 2 aliphatic heterocycles. The molecule has 1 N–H and O–H groups in total. The van der Waals surface area contributed by atoms with E-state index in [1.54, 1.807) is 23.5 Å². The van der Waals surface area contributed by atoms with Crippen LogP contribution in [0, 0.1) is 0 Å². The predicted octanol–water partition coefficient (Wildman–Crippen LogP) is 9.71. The van der Waals surface area contributed by atoms with Crippen molar-refractivity contribution in [3.8, 4) is 0 Å². The molecule has 0 saturated heterocycles. The Kier molecular flexibility index (Phi) is 9.38. The average Bonchev–Trinajstić information content (AvgIpc) is 3.62. The van der Waals surface area contributed by atoms with Crippen molar-refractivity contribution in [3.63, 3.8) is 0 Å². The third-order valence-electron chi connectivity index (χ3n) is 8.21. The van der Waals surface area contributed by atoms with Crippen molar-refractivity contribution < 1.29 is 9.53 Å². The van der Waals surface area contributed by atoms with Gasteiger partial charge in [0.2, 0.25) is 0 Å². The van der Waals surface area contributed by atoms with Crippen LogP contribution in [0.2, 0.25) is 0 Å². The summed E-state index contributed by atoms with van der Waals surface area (Å²) in [5, 5.41) is 11.1. The van der Waals surface area contributed by atoms with Crippen LogP contribution in [0.1, 0.15) is 42.3 Å². The zero-order chi connectivity index (χ0) is 31.6. The largest absolute Gasteiger partial charge is 0.457 e. The molecule has 0 saturated carbocycles. The van der Waals surface area contributed by atoms with Gasteiger partial charge in [-0.15, -0.1) is 0 Å². The number of esters is 1. The smallest absolute Gasteiger partial charge is 0.338 e. The molecule has 2 aliphatic rings. The van der Waals surface area contributed by atoms with E-state index in [1.165, 1.54) is 60.7 Å². The van der Waals surface area contributed by atoms with E-state index in [4.69, 9.17) is 4.74 Å². The van der Waals surface area contributed by atoms with E-state index in [1.807, 2.05) is 66.0 Å². The maximum absolute atomic E-state index is 13.0. The van der Waals surface area contributed by atoms with Gasteiger partial charge in [-0.1, -0.05) is 138 Å². The monoisotopic (exact) mass is 675 g/mol. The quantitative estimate of drug-likeness (QED) is 0.136. The van der Waals surface area contributed by atoms with Crippen LogP contribution < -0.4 is 15.8 Å². The molecule has 7 rings (SSSR count). The Hall–Kier alpha value is -3.33. The molecular weight excluding hydrogens is 643 g/mol. The highest BCUT2D eigenvalue weighted by atomic mass is 32.2. The highest BCUT2D eigenvalue weighted by molar-refractivity contribution is 8.36. The topological polar surface area (TPSA) is 38.3 Å². The van der Waals surface area contributed by atoms with Crippen molar-refractivity contribution >= 4 is 83.0 Å². The second-order valence-corrected chi connectivity index (χ2v) is 16.6. The summed E-state index contributed by atoms with van der Waals surface area (Å²) in [7, 11) is 0. The summed E-state index contributed by atoms with van der Waals surface area (Å²) in [4.78, 5) is 18.0. The van der Waals surface area contributed by atoms with E-state index in [-0.39, 0.29) is 12.6 Å². The fourth-order valence-electron chi connectivity index (χ4n) is 5.67. The molecule has 0 aromatic heterocycles. The number of ether oxygens (including phenoxy) is 1. The normalized spacial score (nSPS) is 15.1. The van der Waals surface area contributed by atoms with Crippen molar-refractivity contribution in [2.75, 3.05) is 6.61 Å². The zero-order valence-electron chi connectivity index (χ0n) is 25.9.